The van der Waals surface area contributed by atoms with Crippen molar-refractivity contribution in [3.8, 4) is 5.75 Å². The molecule has 39 heavy (non-hydrogen) atoms. The number of nitrogens with two attached hydrogens (primary N) is 2. The van der Waals surface area contributed by atoms with Crippen molar-refractivity contribution in [1.29, 1.82) is 0 Å². The van der Waals surface area contributed by atoms with Crippen LogP contribution in [0.4, 0.5) is 22.7 Å². The first-order valence-electron chi connectivity index (χ1n) is 15.6. The van der Waals surface area contributed by atoms with Crippen LogP contribution in [-0.2, 0) is 6.42 Å². The second-order valence-electron chi connectivity index (χ2n) is 13.4. The first kappa shape index (κ1) is 31.2. The number of nitrogens with one attached hydrogen (secondary N) is 1. The van der Waals surface area contributed by atoms with Crippen molar-refractivity contribution >= 4 is 22.7 Å². The maximum Gasteiger partial charge on any atom is 0.126 e. The van der Waals surface area contributed by atoms with Crippen LogP contribution in [0.5, 0.6) is 5.75 Å². The number of fused-ring (bicyclic) bond motifs is 1. The number of hydrogen-bond acceptors (Lipinski definition) is 4. The summed E-state index contributed by atoms with van der Waals surface area (Å²) in [5, 5.41) is 3.60. The van der Waals surface area contributed by atoms with E-state index in [0.717, 1.165) is 54.1 Å². The molecule has 0 radical (unpaired) electrons. The molecule has 2 aromatic carbocycles. The molecule has 1 aliphatic heterocycles. The van der Waals surface area contributed by atoms with E-state index in [2.05, 4.69) is 60.7 Å². The van der Waals surface area contributed by atoms with E-state index in [0.29, 0.717) is 11.4 Å². The number of rotatable bonds is 14. The minimum absolute atomic E-state index is 0.0857. The Labute approximate surface area is 239 Å². The Kier molecular flexibility index (Phi) is 11.0. The molecular weight excluding hydrogens is 478 g/mol. The predicted octanol–water partition coefficient (Wildman–Crippen LogP) is 10.0. The fourth-order valence-electron chi connectivity index (χ4n) is 6.31. The summed E-state index contributed by atoms with van der Waals surface area (Å²) in [5.41, 5.74) is 20.5. The van der Waals surface area contributed by atoms with Gasteiger partial charge in [-0.2, -0.15) is 0 Å². The van der Waals surface area contributed by atoms with Gasteiger partial charge in [-0.25, -0.2) is 0 Å². The Hall–Kier alpha value is -2.36. The van der Waals surface area contributed by atoms with Crippen molar-refractivity contribution in [3.63, 3.8) is 0 Å². The Balaban J connectivity index is 1.53. The van der Waals surface area contributed by atoms with E-state index >= 15 is 0 Å². The molecule has 0 saturated heterocycles. The van der Waals surface area contributed by atoms with Gasteiger partial charge in [0.05, 0.1) is 11.4 Å². The fourth-order valence-corrected chi connectivity index (χ4v) is 6.31. The Bertz CT molecular complexity index is 1090. The molecular formula is C35H57N3O. The fraction of sp³-hybridized carbons (Fsp3) is 0.657. The van der Waals surface area contributed by atoms with Gasteiger partial charge in [-0.15, -0.1) is 0 Å². The van der Waals surface area contributed by atoms with Gasteiger partial charge in [0.25, 0.3) is 0 Å². The van der Waals surface area contributed by atoms with Crippen molar-refractivity contribution in [2.45, 2.75) is 132 Å². The van der Waals surface area contributed by atoms with Crippen molar-refractivity contribution in [2.75, 3.05) is 16.8 Å². The lowest BCUT2D eigenvalue weighted by Gasteiger charge is -2.39. The Morgan fingerprint density at radius 2 is 1.46 bits per heavy atom. The molecule has 0 spiro atoms. The molecule has 0 bridgehead atoms. The van der Waals surface area contributed by atoms with Crippen LogP contribution >= 0.6 is 0 Å². The zero-order valence-corrected chi connectivity index (χ0v) is 26.3. The molecule has 0 aliphatic carbocycles. The van der Waals surface area contributed by atoms with Crippen LogP contribution in [-0.4, -0.2) is 5.60 Å². The molecule has 218 valence electrons. The second kappa shape index (κ2) is 13.8. The SMILES string of the molecule is Cc1c(C)c2c(c(C)c1Nc1ccc(N)cc1N)CCC(C)(CCCC(C)CCCC(C)CCCC(C)C)O2. The van der Waals surface area contributed by atoms with Gasteiger partial charge in [-0.1, -0.05) is 72.6 Å². The first-order chi connectivity index (χ1) is 18.4. The van der Waals surface area contributed by atoms with Gasteiger partial charge < -0.3 is 21.5 Å². The molecule has 1 aliphatic rings. The molecule has 0 aromatic heterocycles. The maximum atomic E-state index is 6.84. The van der Waals surface area contributed by atoms with Crippen LogP contribution < -0.4 is 21.5 Å². The number of anilines is 4. The van der Waals surface area contributed by atoms with Crippen LogP contribution in [0.25, 0.3) is 0 Å². The molecule has 5 N–H and O–H groups in total. The van der Waals surface area contributed by atoms with Crippen LogP contribution in [0.3, 0.4) is 0 Å². The van der Waals surface area contributed by atoms with Crippen LogP contribution in [0.1, 0.15) is 121 Å². The molecule has 4 heteroatoms. The summed E-state index contributed by atoms with van der Waals surface area (Å²) in [6, 6.07) is 5.66. The monoisotopic (exact) mass is 535 g/mol. The topological polar surface area (TPSA) is 73.3 Å². The van der Waals surface area contributed by atoms with Crippen LogP contribution in [0.2, 0.25) is 0 Å². The molecule has 2 aromatic rings. The van der Waals surface area contributed by atoms with E-state index < -0.39 is 0 Å². The molecule has 3 atom stereocenters. The lowest BCUT2D eigenvalue weighted by Crippen LogP contribution is -2.37. The number of ether oxygens (including phenoxy) is 1. The van der Waals surface area contributed by atoms with Crippen LogP contribution in [0, 0.1) is 38.5 Å². The average Bonchev–Trinajstić information content (AvgIpc) is 2.86. The summed E-state index contributed by atoms with van der Waals surface area (Å²) in [7, 11) is 0. The highest BCUT2D eigenvalue weighted by atomic mass is 16.5. The normalized spacial score (nSPS) is 18.5. The zero-order valence-electron chi connectivity index (χ0n) is 26.3. The third-order valence-electron chi connectivity index (χ3n) is 9.24. The van der Waals surface area contributed by atoms with E-state index in [1.54, 1.807) is 0 Å². The molecule has 0 fully saturated rings. The first-order valence-corrected chi connectivity index (χ1v) is 15.6. The van der Waals surface area contributed by atoms with Gasteiger partial charge in [0.1, 0.15) is 11.4 Å². The predicted molar refractivity (Wildman–Crippen MR) is 171 cm³/mol. The number of hydrogen-bond donors (Lipinski definition) is 3. The standard InChI is InChI=1S/C35H57N3O/c1-23(2)12-9-13-24(3)14-10-15-25(4)16-11-20-35(8)21-19-30-28(7)33(26(5)27(6)34(30)39-35)38-32-18-17-29(36)22-31(32)37/h17-18,22-25,38H,9-16,19-21,36-37H2,1-8H3. The van der Waals surface area contributed by atoms with Gasteiger partial charge in [0.15, 0.2) is 0 Å². The highest BCUT2D eigenvalue weighted by Crippen LogP contribution is 2.45. The largest absolute Gasteiger partial charge is 0.487 e. The highest BCUT2D eigenvalue weighted by Gasteiger charge is 2.34. The minimum atomic E-state index is -0.0857. The lowest BCUT2D eigenvalue weighted by atomic mass is 9.83. The molecule has 3 unspecified atom stereocenters. The van der Waals surface area contributed by atoms with Crippen molar-refractivity contribution < 1.29 is 4.74 Å². The molecule has 1 heterocycles. The van der Waals surface area contributed by atoms with E-state index in [4.69, 9.17) is 16.2 Å². The van der Waals surface area contributed by atoms with E-state index in [1.165, 1.54) is 73.6 Å². The van der Waals surface area contributed by atoms with Crippen molar-refractivity contribution in [1.82, 2.24) is 0 Å². The smallest absolute Gasteiger partial charge is 0.126 e. The quantitative estimate of drug-likeness (QED) is 0.210. The molecule has 3 rings (SSSR count). The third-order valence-corrected chi connectivity index (χ3v) is 9.24. The number of nitrogen functional groups attached to an aromatic ring is 2. The van der Waals surface area contributed by atoms with E-state index in [-0.39, 0.29) is 5.60 Å². The van der Waals surface area contributed by atoms with Crippen LogP contribution in [0.15, 0.2) is 18.2 Å². The van der Waals surface area contributed by atoms with Crippen molar-refractivity contribution in [3.05, 3.63) is 40.5 Å². The van der Waals surface area contributed by atoms with Crippen molar-refractivity contribution in [2.24, 2.45) is 17.8 Å². The summed E-state index contributed by atoms with van der Waals surface area (Å²) < 4.78 is 6.84. The minimum Gasteiger partial charge on any atom is -0.487 e. The van der Waals surface area contributed by atoms with Gasteiger partial charge in [0.2, 0.25) is 0 Å². The summed E-state index contributed by atoms with van der Waals surface area (Å²) in [6.45, 7) is 18.5. The molecule has 0 amide bonds. The third kappa shape index (κ3) is 8.56. The van der Waals surface area contributed by atoms with Gasteiger partial charge in [-0.3, -0.25) is 0 Å². The summed E-state index contributed by atoms with van der Waals surface area (Å²) >= 11 is 0. The second-order valence-corrected chi connectivity index (χ2v) is 13.4. The highest BCUT2D eigenvalue weighted by molar-refractivity contribution is 5.80. The van der Waals surface area contributed by atoms with Gasteiger partial charge in [-0.05, 0) is 112 Å². The maximum absolute atomic E-state index is 6.84. The Morgan fingerprint density at radius 1 is 0.846 bits per heavy atom. The van der Waals surface area contributed by atoms with E-state index in [1.807, 2.05) is 18.2 Å². The average molecular weight is 536 g/mol. The summed E-state index contributed by atoms with van der Waals surface area (Å²) in [5.74, 6) is 3.62. The van der Waals surface area contributed by atoms with E-state index in [9.17, 15) is 0 Å². The lowest BCUT2D eigenvalue weighted by molar-refractivity contribution is 0.0514. The summed E-state index contributed by atoms with van der Waals surface area (Å²) in [4.78, 5) is 0. The van der Waals surface area contributed by atoms with Gasteiger partial charge in [0, 0.05) is 11.4 Å². The number of benzene rings is 2. The molecule has 0 saturated carbocycles. The zero-order chi connectivity index (χ0) is 28.7. The molecule has 4 nitrogen and oxygen atoms in total. The van der Waals surface area contributed by atoms with Gasteiger partial charge >= 0.3 is 0 Å². The Morgan fingerprint density at radius 3 is 2.08 bits per heavy atom. The summed E-state index contributed by atoms with van der Waals surface area (Å²) in [6.07, 6.45) is 14.1.